The number of anilines is 1. The summed E-state index contributed by atoms with van der Waals surface area (Å²) in [6.45, 7) is 2.34. The zero-order chi connectivity index (χ0) is 21.3. The summed E-state index contributed by atoms with van der Waals surface area (Å²) in [7, 11) is 0. The van der Waals surface area contributed by atoms with Crippen LogP contribution in [-0.2, 0) is 17.8 Å². The lowest BCUT2D eigenvalue weighted by Crippen LogP contribution is -2.13. The van der Waals surface area contributed by atoms with Crippen LogP contribution < -0.4 is 10.1 Å². The molecule has 5 heteroatoms. The van der Waals surface area contributed by atoms with Gasteiger partial charge in [-0.2, -0.15) is 5.26 Å². The molecule has 0 atom stereocenters. The highest BCUT2D eigenvalue weighted by atomic mass is 35.5. The number of ether oxygens (including phenoxy) is 1. The first-order valence-electron chi connectivity index (χ1n) is 9.58. The zero-order valence-corrected chi connectivity index (χ0v) is 17.3. The summed E-state index contributed by atoms with van der Waals surface area (Å²) < 4.78 is 5.90. The van der Waals surface area contributed by atoms with Gasteiger partial charge < -0.3 is 10.1 Å². The number of halogens is 1. The number of benzene rings is 3. The molecule has 0 fully saturated rings. The van der Waals surface area contributed by atoms with E-state index in [9.17, 15) is 10.1 Å². The van der Waals surface area contributed by atoms with E-state index in [4.69, 9.17) is 16.3 Å². The van der Waals surface area contributed by atoms with Crippen molar-refractivity contribution in [2.75, 3.05) is 5.32 Å². The second kappa shape index (κ2) is 10.3. The smallest absolute Gasteiger partial charge is 0.266 e. The summed E-state index contributed by atoms with van der Waals surface area (Å²) in [6.07, 6.45) is 2.44. The molecule has 4 nitrogen and oxygen atoms in total. The van der Waals surface area contributed by atoms with Crippen LogP contribution in [0.1, 0.15) is 23.6 Å². The maximum Gasteiger partial charge on any atom is 0.266 e. The van der Waals surface area contributed by atoms with Crippen molar-refractivity contribution in [1.29, 1.82) is 5.26 Å². The van der Waals surface area contributed by atoms with E-state index in [-0.39, 0.29) is 12.2 Å². The number of nitriles is 1. The molecule has 0 bridgehead atoms. The third-order valence-electron chi connectivity index (χ3n) is 4.54. The van der Waals surface area contributed by atoms with Gasteiger partial charge in [-0.1, -0.05) is 67.1 Å². The van der Waals surface area contributed by atoms with Gasteiger partial charge in [-0.3, -0.25) is 4.79 Å². The second-order valence-corrected chi connectivity index (χ2v) is 7.00. The predicted molar refractivity (Wildman–Crippen MR) is 120 cm³/mol. The SMILES string of the molecule is CCc1ccc(NC(=O)/C(C#N)=C/c2ccccc2OCc2ccccc2Cl)cc1. The lowest BCUT2D eigenvalue weighted by Gasteiger charge is -2.11. The van der Waals surface area contributed by atoms with Crippen molar-refractivity contribution in [2.24, 2.45) is 0 Å². The van der Waals surface area contributed by atoms with Gasteiger partial charge in [-0.15, -0.1) is 0 Å². The summed E-state index contributed by atoms with van der Waals surface area (Å²) in [5.41, 5.74) is 3.29. The van der Waals surface area contributed by atoms with Crippen LogP contribution in [0.4, 0.5) is 5.69 Å². The Hall–Kier alpha value is -3.55. The van der Waals surface area contributed by atoms with Gasteiger partial charge in [-0.25, -0.2) is 0 Å². The fraction of sp³-hybridized carbons (Fsp3) is 0.120. The first kappa shape index (κ1) is 21.2. The van der Waals surface area contributed by atoms with E-state index < -0.39 is 5.91 Å². The number of carbonyl (C=O) groups excluding carboxylic acids is 1. The molecule has 0 radical (unpaired) electrons. The van der Waals surface area contributed by atoms with Gasteiger partial charge in [0, 0.05) is 21.8 Å². The van der Waals surface area contributed by atoms with Crippen LogP contribution in [0.5, 0.6) is 5.75 Å². The average molecular weight is 417 g/mol. The minimum absolute atomic E-state index is 0.0108. The Bertz CT molecular complexity index is 1100. The maximum absolute atomic E-state index is 12.6. The molecule has 0 aromatic heterocycles. The Morgan fingerprint density at radius 2 is 1.77 bits per heavy atom. The fourth-order valence-corrected chi connectivity index (χ4v) is 3.02. The molecule has 3 aromatic carbocycles. The van der Waals surface area contributed by atoms with E-state index >= 15 is 0 Å². The second-order valence-electron chi connectivity index (χ2n) is 6.59. The summed E-state index contributed by atoms with van der Waals surface area (Å²) in [5.74, 6) is 0.0907. The standard InChI is InChI=1S/C25H21ClN2O2/c1-2-18-11-13-22(14-12-18)28-25(29)21(16-27)15-19-7-4-6-10-24(19)30-17-20-8-3-5-9-23(20)26/h3-15H,2,17H2,1H3,(H,28,29)/b21-15+. The van der Waals surface area contributed by atoms with Gasteiger partial charge in [0.15, 0.2) is 0 Å². The number of para-hydroxylation sites is 1. The maximum atomic E-state index is 12.6. The molecule has 0 saturated heterocycles. The van der Waals surface area contributed by atoms with Gasteiger partial charge in [0.05, 0.1) is 0 Å². The van der Waals surface area contributed by atoms with Crippen LogP contribution in [0.15, 0.2) is 78.4 Å². The molecule has 0 aliphatic carbocycles. The Balaban J connectivity index is 1.77. The van der Waals surface area contributed by atoms with Gasteiger partial charge in [0.1, 0.15) is 24.0 Å². The molecule has 0 spiro atoms. The number of nitrogens with one attached hydrogen (secondary N) is 1. The van der Waals surface area contributed by atoms with Crippen LogP contribution in [0, 0.1) is 11.3 Å². The Morgan fingerprint density at radius 3 is 2.47 bits per heavy atom. The number of hydrogen-bond acceptors (Lipinski definition) is 3. The highest BCUT2D eigenvalue weighted by molar-refractivity contribution is 6.31. The highest BCUT2D eigenvalue weighted by Gasteiger charge is 2.12. The van der Waals surface area contributed by atoms with Crippen LogP contribution in [0.25, 0.3) is 6.08 Å². The molecule has 0 saturated carbocycles. The number of rotatable bonds is 7. The van der Waals surface area contributed by atoms with Gasteiger partial charge in [0.25, 0.3) is 5.91 Å². The minimum atomic E-state index is -0.470. The lowest BCUT2D eigenvalue weighted by atomic mass is 10.1. The quantitative estimate of drug-likeness (QED) is 0.378. The first-order chi connectivity index (χ1) is 14.6. The van der Waals surface area contributed by atoms with Gasteiger partial charge >= 0.3 is 0 Å². The van der Waals surface area contributed by atoms with E-state index in [2.05, 4.69) is 12.2 Å². The number of hydrogen-bond donors (Lipinski definition) is 1. The van der Waals surface area contributed by atoms with Crippen molar-refractivity contribution in [2.45, 2.75) is 20.0 Å². The first-order valence-corrected chi connectivity index (χ1v) is 9.96. The van der Waals surface area contributed by atoms with Gasteiger partial charge in [0.2, 0.25) is 0 Å². The predicted octanol–water partition coefficient (Wildman–Crippen LogP) is 6.03. The third-order valence-corrected chi connectivity index (χ3v) is 4.91. The van der Waals surface area contributed by atoms with Crippen molar-refractivity contribution in [1.82, 2.24) is 0 Å². The number of nitrogens with zero attached hydrogens (tertiary/aromatic N) is 1. The molecule has 0 heterocycles. The number of aryl methyl sites for hydroxylation is 1. The number of carbonyl (C=O) groups is 1. The van der Waals surface area contributed by atoms with Crippen molar-refractivity contribution >= 4 is 29.3 Å². The normalized spacial score (nSPS) is 10.9. The molecule has 0 aliphatic heterocycles. The fourth-order valence-electron chi connectivity index (χ4n) is 2.83. The largest absolute Gasteiger partial charge is 0.488 e. The molecule has 1 amide bonds. The van der Waals surface area contributed by atoms with Crippen molar-refractivity contribution in [3.05, 3.63) is 100 Å². The Labute approximate surface area is 181 Å². The summed E-state index contributed by atoms with van der Waals surface area (Å²) in [5, 5.41) is 12.9. The average Bonchev–Trinajstić information content (AvgIpc) is 2.78. The van der Waals surface area contributed by atoms with Crippen LogP contribution >= 0.6 is 11.6 Å². The monoisotopic (exact) mass is 416 g/mol. The summed E-state index contributed by atoms with van der Waals surface area (Å²) in [6, 6.07) is 24.2. The third kappa shape index (κ3) is 5.50. The molecule has 0 aliphatic rings. The molecular formula is C25H21ClN2O2. The molecule has 0 unspecified atom stereocenters. The molecular weight excluding hydrogens is 396 g/mol. The van der Waals surface area contributed by atoms with E-state index in [1.165, 1.54) is 11.6 Å². The zero-order valence-electron chi connectivity index (χ0n) is 16.6. The van der Waals surface area contributed by atoms with Crippen LogP contribution in [0.2, 0.25) is 5.02 Å². The van der Waals surface area contributed by atoms with Crippen molar-refractivity contribution in [3.8, 4) is 11.8 Å². The van der Waals surface area contributed by atoms with E-state index in [1.54, 1.807) is 18.2 Å². The molecule has 3 aromatic rings. The van der Waals surface area contributed by atoms with Crippen LogP contribution in [-0.4, -0.2) is 5.91 Å². The van der Waals surface area contributed by atoms with E-state index in [0.717, 1.165) is 12.0 Å². The lowest BCUT2D eigenvalue weighted by molar-refractivity contribution is -0.112. The molecule has 150 valence electrons. The summed E-state index contributed by atoms with van der Waals surface area (Å²) in [4.78, 5) is 12.6. The Kier molecular flexibility index (Phi) is 7.26. The molecule has 3 rings (SSSR count). The van der Waals surface area contributed by atoms with Crippen LogP contribution in [0.3, 0.4) is 0 Å². The Morgan fingerprint density at radius 1 is 1.07 bits per heavy atom. The topological polar surface area (TPSA) is 62.1 Å². The minimum Gasteiger partial charge on any atom is -0.488 e. The highest BCUT2D eigenvalue weighted by Crippen LogP contribution is 2.24. The molecule has 30 heavy (non-hydrogen) atoms. The van der Waals surface area contributed by atoms with E-state index in [0.29, 0.717) is 22.0 Å². The van der Waals surface area contributed by atoms with Crippen molar-refractivity contribution < 1.29 is 9.53 Å². The summed E-state index contributed by atoms with van der Waals surface area (Å²) >= 11 is 6.19. The van der Waals surface area contributed by atoms with Crippen molar-refractivity contribution in [3.63, 3.8) is 0 Å². The van der Waals surface area contributed by atoms with Gasteiger partial charge in [-0.05, 0) is 42.3 Å². The number of amides is 1. The van der Waals surface area contributed by atoms with E-state index in [1.807, 2.05) is 60.7 Å². The molecule has 1 N–H and O–H groups in total.